The fourth-order valence-corrected chi connectivity index (χ4v) is 1.79. The van der Waals surface area contributed by atoms with Crippen molar-refractivity contribution in [2.75, 3.05) is 12.4 Å². The van der Waals surface area contributed by atoms with Crippen LogP contribution < -0.4 is 15.4 Å². The van der Waals surface area contributed by atoms with Gasteiger partial charge in [-0.25, -0.2) is 9.18 Å². The first kappa shape index (κ1) is 15.1. The Morgan fingerprint density at radius 1 is 1.24 bits per heavy atom. The average Bonchev–Trinajstić information content (AvgIpc) is 2.49. The Kier molecular flexibility index (Phi) is 5.00. The molecule has 0 saturated heterocycles. The van der Waals surface area contributed by atoms with Gasteiger partial charge in [-0.1, -0.05) is 23.7 Å². The van der Waals surface area contributed by atoms with Crippen molar-refractivity contribution in [1.82, 2.24) is 5.32 Å². The molecular formula is C15H14ClFN2O2. The van der Waals surface area contributed by atoms with Gasteiger partial charge in [0.05, 0.1) is 12.1 Å². The van der Waals surface area contributed by atoms with Crippen molar-refractivity contribution in [2.24, 2.45) is 0 Å². The zero-order valence-corrected chi connectivity index (χ0v) is 12.1. The third-order valence-corrected chi connectivity index (χ3v) is 3.10. The Balaban J connectivity index is 1.87. The van der Waals surface area contributed by atoms with E-state index in [1.807, 2.05) is 24.3 Å². The Morgan fingerprint density at radius 3 is 2.57 bits per heavy atom. The molecule has 0 aliphatic carbocycles. The fourth-order valence-electron chi connectivity index (χ4n) is 1.67. The molecule has 0 spiro atoms. The number of hydrogen-bond acceptors (Lipinski definition) is 2. The number of anilines is 1. The lowest BCUT2D eigenvalue weighted by atomic mass is 10.2. The van der Waals surface area contributed by atoms with Crippen LogP contribution in [0.5, 0.6) is 5.75 Å². The van der Waals surface area contributed by atoms with E-state index in [1.54, 1.807) is 7.11 Å². The maximum Gasteiger partial charge on any atom is 0.319 e. The number of rotatable bonds is 4. The number of carbonyl (C=O) groups excluding carboxylic acids is 1. The molecule has 2 amide bonds. The maximum atomic E-state index is 13.2. The van der Waals surface area contributed by atoms with Crippen LogP contribution in [-0.4, -0.2) is 13.1 Å². The number of methoxy groups -OCH3 is 1. The molecule has 0 unspecified atom stereocenters. The zero-order valence-electron chi connectivity index (χ0n) is 11.3. The number of carbonyl (C=O) groups is 1. The molecule has 4 nitrogen and oxygen atoms in total. The summed E-state index contributed by atoms with van der Waals surface area (Å²) >= 11 is 5.57. The van der Waals surface area contributed by atoms with Gasteiger partial charge in [0, 0.05) is 12.2 Å². The molecule has 110 valence electrons. The summed E-state index contributed by atoms with van der Waals surface area (Å²) in [6.45, 7) is 0.353. The summed E-state index contributed by atoms with van der Waals surface area (Å²) < 4.78 is 18.3. The molecule has 6 heteroatoms. The SMILES string of the molecule is COc1ccc(CNC(=O)Nc2ccc(Cl)c(F)c2)cc1. The molecule has 2 rings (SSSR count). The predicted octanol–water partition coefficient (Wildman–Crippen LogP) is 3.81. The molecule has 0 bridgehead atoms. The van der Waals surface area contributed by atoms with Crippen LogP contribution in [0.3, 0.4) is 0 Å². The zero-order chi connectivity index (χ0) is 15.2. The van der Waals surface area contributed by atoms with E-state index in [-0.39, 0.29) is 5.02 Å². The number of hydrogen-bond donors (Lipinski definition) is 2. The summed E-state index contributed by atoms with van der Waals surface area (Å²) in [5, 5.41) is 5.22. The fraction of sp³-hybridized carbons (Fsp3) is 0.133. The molecule has 2 aromatic carbocycles. The predicted molar refractivity (Wildman–Crippen MR) is 80.3 cm³/mol. The summed E-state index contributed by atoms with van der Waals surface area (Å²) in [5.74, 6) is 0.171. The summed E-state index contributed by atoms with van der Waals surface area (Å²) in [5.41, 5.74) is 1.26. The molecule has 0 aliphatic heterocycles. The molecule has 21 heavy (non-hydrogen) atoms. The standard InChI is InChI=1S/C15H14ClFN2O2/c1-21-12-5-2-10(3-6-12)9-18-15(20)19-11-4-7-13(16)14(17)8-11/h2-8H,9H2,1H3,(H2,18,19,20). The van der Waals surface area contributed by atoms with Crippen LogP contribution in [0.15, 0.2) is 42.5 Å². The average molecular weight is 309 g/mol. The van der Waals surface area contributed by atoms with Gasteiger partial charge >= 0.3 is 6.03 Å². The van der Waals surface area contributed by atoms with Gasteiger partial charge in [-0.15, -0.1) is 0 Å². The lowest BCUT2D eigenvalue weighted by Crippen LogP contribution is -2.28. The number of amides is 2. The second-order valence-corrected chi connectivity index (χ2v) is 4.69. The molecule has 0 radical (unpaired) electrons. The minimum absolute atomic E-state index is 0.0131. The number of ether oxygens (including phenoxy) is 1. The van der Waals surface area contributed by atoms with Crippen LogP contribution in [0, 0.1) is 5.82 Å². The van der Waals surface area contributed by atoms with Gasteiger partial charge in [-0.3, -0.25) is 0 Å². The van der Waals surface area contributed by atoms with Gasteiger partial charge in [0.2, 0.25) is 0 Å². The molecule has 0 atom stereocenters. The van der Waals surface area contributed by atoms with E-state index >= 15 is 0 Å². The summed E-state index contributed by atoms with van der Waals surface area (Å²) in [6, 6.07) is 11.0. The molecule has 0 heterocycles. The molecule has 0 aromatic heterocycles. The van der Waals surface area contributed by atoms with Crippen molar-refractivity contribution in [1.29, 1.82) is 0 Å². The van der Waals surface area contributed by atoms with Crippen LogP contribution in [-0.2, 0) is 6.54 Å². The first-order valence-corrected chi connectivity index (χ1v) is 6.59. The van der Waals surface area contributed by atoms with Gasteiger partial charge in [0.25, 0.3) is 0 Å². The minimum Gasteiger partial charge on any atom is -0.497 e. The van der Waals surface area contributed by atoms with Crippen LogP contribution >= 0.6 is 11.6 Å². The Labute approximate surface area is 126 Å². The van der Waals surface area contributed by atoms with E-state index < -0.39 is 11.8 Å². The first-order valence-electron chi connectivity index (χ1n) is 6.21. The highest BCUT2D eigenvalue weighted by Crippen LogP contribution is 2.18. The van der Waals surface area contributed by atoms with E-state index in [2.05, 4.69) is 10.6 Å². The highest BCUT2D eigenvalue weighted by atomic mass is 35.5. The van der Waals surface area contributed by atoms with Crippen molar-refractivity contribution in [3.63, 3.8) is 0 Å². The summed E-state index contributed by atoms with van der Waals surface area (Å²) in [7, 11) is 1.59. The van der Waals surface area contributed by atoms with E-state index in [0.717, 1.165) is 17.4 Å². The third kappa shape index (κ3) is 4.36. The molecular weight excluding hydrogens is 295 g/mol. The second-order valence-electron chi connectivity index (χ2n) is 4.28. The van der Waals surface area contributed by atoms with E-state index in [4.69, 9.17) is 16.3 Å². The largest absolute Gasteiger partial charge is 0.497 e. The van der Waals surface area contributed by atoms with Gasteiger partial charge in [0.15, 0.2) is 0 Å². The van der Waals surface area contributed by atoms with Crippen LogP contribution in [0.25, 0.3) is 0 Å². The van der Waals surface area contributed by atoms with Crippen LogP contribution in [0.2, 0.25) is 5.02 Å². The van der Waals surface area contributed by atoms with Crippen molar-refractivity contribution < 1.29 is 13.9 Å². The lowest BCUT2D eigenvalue weighted by molar-refractivity contribution is 0.251. The minimum atomic E-state index is -0.579. The number of nitrogens with one attached hydrogen (secondary N) is 2. The Hall–Kier alpha value is -2.27. The monoisotopic (exact) mass is 308 g/mol. The van der Waals surface area contributed by atoms with Crippen molar-refractivity contribution in [2.45, 2.75) is 6.54 Å². The number of halogens is 2. The van der Waals surface area contributed by atoms with Gasteiger partial charge in [-0.05, 0) is 35.9 Å². The Bertz CT molecular complexity index is 632. The molecule has 0 aliphatic rings. The quantitative estimate of drug-likeness (QED) is 0.902. The highest BCUT2D eigenvalue weighted by Gasteiger charge is 2.05. The normalized spacial score (nSPS) is 10.0. The first-order chi connectivity index (χ1) is 10.1. The van der Waals surface area contributed by atoms with Crippen LogP contribution in [0.4, 0.5) is 14.9 Å². The van der Waals surface area contributed by atoms with Crippen LogP contribution in [0.1, 0.15) is 5.56 Å². The summed E-state index contributed by atoms with van der Waals surface area (Å²) in [6.07, 6.45) is 0. The van der Waals surface area contributed by atoms with Gasteiger partial charge in [-0.2, -0.15) is 0 Å². The van der Waals surface area contributed by atoms with E-state index in [1.165, 1.54) is 12.1 Å². The second kappa shape index (κ2) is 6.95. The third-order valence-electron chi connectivity index (χ3n) is 2.79. The molecule has 0 saturated carbocycles. The van der Waals surface area contributed by atoms with Crippen molar-refractivity contribution in [3.8, 4) is 5.75 Å². The topological polar surface area (TPSA) is 50.4 Å². The van der Waals surface area contributed by atoms with Gasteiger partial charge < -0.3 is 15.4 Å². The highest BCUT2D eigenvalue weighted by molar-refractivity contribution is 6.30. The van der Waals surface area contributed by atoms with E-state index in [9.17, 15) is 9.18 Å². The van der Waals surface area contributed by atoms with Gasteiger partial charge in [0.1, 0.15) is 11.6 Å². The number of urea groups is 1. The molecule has 2 N–H and O–H groups in total. The maximum absolute atomic E-state index is 13.2. The van der Waals surface area contributed by atoms with Crippen molar-refractivity contribution in [3.05, 3.63) is 58.9 Å². The smallest absolute Gasteiger partial charge is 0.319 e. The molecule has 0 fully saturated rings. The Morgan fingerprint density at radius 2 is 1.95 bits per heavy atom. The lowest BCUT2D eigenvalue weighted by Gasteiger charge is -2.08. The number of benzene rings is 2. The summed E-state index contributed by atoms with van der Waals surface area (Å²) in [4.78, 5) is 11.7. The van der Waals surface area contributed by atoms with Crippen molar-refractivity contribution >= 4 is 23.3 Å². The van der Waals surface area contributed by atoms with E-state index in [0.29, 0.717) is 12.2 Å². The molecule has 2 aromatic rings.